The van der Waals surface area contributed by atoms with E-state index in [0.717, 1.165) is 19.3 Å². The molecule has 0 aliphatic carbocycles. The number of carbonyl (C=O) groups excluding carboxylic acids is 1. The fraction of sp³-hybridized carbons (Fsp3) is 0.533. The Morgan fingerprint density at radius 2 is 2.20 bits per heavy atom. The third-order valence-corrected chi connectivity index (χ3v) is 3.43. The topological polar surface area (TPSA) is 58.6 Å². The Labute approximate surface area is 125 Å². The number of benzene rings is 1. The molecule has 0 aliphatic rings. The number of amides is 1. The first-order valence-electron chi connectivity index (χ1n) is 6.83. The Kier molecular flexibility index (Phi) is 7.23. The molecule has 0 fully saturated rings. The van der Waals surface area contributed by atoms with Crippen LogP contribution in [0.2, 0.25) is 0 Å². The van der Waals surface area contributed by atoms with E-state index in [9.17, 15) is 9.90 Å². The summed E-state index contributed by atoms with van der Waals surface area (Å²) in [5, 5.41) is 12.6. The van der Waals surface area contributed by atoms with E-state index in [-0.39, 0.29) is 17.2 Å². The number of hydrogen-bond donors (Lipinski definition) is 2. The average molecular weight is 300 g/mol. The molecule has 0 saturated heterocycles. The van der Waals surface area contributed by atoms with Crippen molar-refractivity contribution in [2.45, 2.75) is 26.2 Å². The van der Waals surface area contributed by atoms with Gasteiger partial charge in [-0.25, -0.2) is 0 Å². The van der Waals surface area contributed by atoms with E-state index >= 15 is 0 Å². The Bertz CT molecular complexity index is 431. The molecule has 4 nitrogen and oxygen atoms in total. The van der Waals surface area contributed by atoms with E-state index in [1.807, 2.05) is 0 Å². The highest BCUT2D eigenvalue weighted by molar-refractivity contribution is 6.17. The van der Waals surface area contributed by atoms with Gasteiger partial charge in [-0.2, -0.15) is 0 Å². The van der Waals surface area contributed by atoms with Crippen molar-refractivity contribution in [1.82, 2.24) is 5.32 Å². The van der Waals surface area contributed by atoms with Crippen LogP contribution < -0.4 is 10.1 Å². The molecule has 112 valence electrons. The van der Waals surface area contributed by atoms with Gasteiger partial charge in [-0.15, -0.1) is 11.6 Å². The summed E-state index contributed by atoms with van der Waals surface area (Å²) < 4.78 is 5.05. The Morgan fingerprint density at radius 1 is 1.45 bits per heavy atom. The minimum absolute atomic E-state index is 0.0484. The molecule has 0 spiro atoms. The van der Waals surface area contributed by atoms with Crippen molar-refractivity contribution in [2.24, 2.45) is 5.92 Å². The van der Waals surface area contributed by atoms with Crippen LogP contribution in [-0.4, -0.2) is 30.5 Å². The molecule has 0 heterocycles. The lowest BCUT2D eigenvalue weighted by molar-refractivity contribution is 0.0943. The molecular formula is C15H22ClNO3. The van der Waals surface area contributed by atoms with E-state index < -0.39 is 0 Å². The quantitative estimate of drug-likeness (QED) is 0.725. The SMILES string of the molecule is CCCC(CCCl)CNC(=O)c1cc(OC)ccc1O. The summed E-state index contributed by atoms with van der Waals surface area (Å²) >= 11 is 5.76. The first-order chi connectivity index (χ1) is 9.62. The lowest BCUT2D eigenvalue weighted by Gasteiger charge is -2.16. The zero-order valence-electron chi connectivity index (χ0n) is 12.0. The van der Waals surface area contributed by atoms with Gasteiger partial charge in [-0.05, 0) is 37.0 Å². The van der Waals surface area contributed by atoms with E-state index in [4.69, 9.17) is 16.3 Å². The first-order valence-corrected chi connectivity index (χ1v) is 7.37. The van der Waals surface area contributed by atoms with Gasteiger partial charge in [0.05, 0.1) is 12.7 Å². The average Bonchev–Trinajstić information content (AvgIpc) is 2.45. The molecule has 0 aliphatic heterocycles. The minimum atomic E-state index is -0.294. The van der Waals surface area contributed by atoms with Gasteiger partial charge in [0.2, 0.25) is 0 Å². The number of phenols is 1. The maximum Gasteiger partial charge on any atom is 0.255 e. The van der Waals surface area contributed by atoms with Crippen molar-refractivity contribution < 1.29 is 14.6 Å². The molecule has 0 bridgehead atoms. The Balaban J connectivity index is 2.65. The first kappa shape index (κ1) is 16.6. The highest BCUT2D eigenvalue weighted by atomic mass is 35.5. The number of ether oxygens (including phenoxy) is 1. The molecule has 5 heteroatoms. The van der Waals surface area contributed by atoms with Crippen molar-refractivity contribution in [1.29, 1.82) is 0 Å². The monoisotopic (exact) mass is 299 g/mol. The number of halogens is 1. The number of phenolic OH excluding ortho intramolecular Hbond substituents is 1. The van der Waals surface area contributed by atoms with Gasteiger partial charge in [0.15, 0.2) is 0 Å². The van der Waals surface area contributed by atoms with Crippen LogP contribution in [0, 0.1) is 5.92 Å². The van der Waals surface area contributed by atoms with Crippen molar-refractivity contribution in [3.05, 3.63) is 23.8 Å². The lowest BCUT2D eigenvalue weighted by atomic mass is 10.0. The summed E-state index contributed by atoms with van der Waals surface area (Å²) in [6.07, 6.45) is 2.96. The highest BCUT2D eigenvalue weighted by Crippen LogP contribution is 2.22. The zero-order chi connectivity index (χ0) is 15.0. The smallest absolute Gasteiger partial charge is 0.255 e. The molecule has 1 rings (SSSR count). The molecule has 20 heavy (non-hydrogen) atoms. The molecule has 2 N–H and O–H groups in total. The number of methoxy groups -OCH3 is 1. The summed E-state index contributed by atoms with van der Waals surface area (Å²) in [7, 11) is 1.52. The molecule has 1 amide bonds. The summed E-state index contributed by atoms with van der Waals surface area (Å²) in [6, 6.07) is 4.59. The third-order valence-electron chi connectivity index (χ3n) is 3.21. The van der Waals surface area contributed by atoms with Crippen LogP contribution in [0.5, 0.6) is 11.5 Å². The van der Waals surface area contributed by atoms with Gasteiger partial charge >= 0.3 is 0 Å². The number of hydrogen-bond acceptors (Lipinski definition) is 3. The molecule has 0 radical (unpaired) electrons. The van der Waals surface area contributed by atoms with E-state index in [1.54, 1.807) is 6.07 Å². The number of carbonyl (C=O) groups is 1. The second-order valence-electron chi connectivity index (χ2n) is 4.73. The van der Waals surface area contributed by atoms with Crippen LogP contribution in [0.25, 0.3) is 0 Å². The molecule has 1 aromatic carbocycles. The summed E-state index contributed by atoms with van der Waals surface area (Å²) in [5.74, 6) is 1.16. The van der Waals surface area contributed by atoms with Crippen LogP contribution in [0.4, 0.5) is 0 Å². The number of alkyl halides is 1. The van der Waals surface area contributed by atoms with Gasteiger partial charge in [0, 0.05) is 12.4 Å². The number of nitrogens with one attached hydrogen (secondary N) is 1. The van der Waals surface area contributed by atoms with E-state index in [2.05, 4.69) is 12.2 Å². The molecule has 1 aromatic rings. The van der Waals surface area contributed by atoms with Gasteiger partial charge < -0.3 is 15.2 Å². The van der Waals surface area contributed by atoms with Crippen LogP contribution in [0.1, 0.15) is 36.5 Å². The number of rotatable bonds is 8. The molecular weight excluding hydrogens is 278 g/mol. The zero-order valence-corrected chi connectivity index (χ0v) is 12.7. The van der Waals surface area contributed by atoms with Gasteiger partial charge in [0.25, 0.3) is 5.91 Å². The van der Waals surface area contributed by atoms with Gasteiger partial charge in [0.1, 0.15) is 11.5 Å². The summed E-state index contributed by atoms with van der Waals surface area (Å²) in [4.78, 5) is 12.1. The van der Waals surface area contributed by atoms with Gasteiger partial charge in [-0.3, -0.25) is 4.79 Å². The van der Waals surface area contributed by atoms with Crippen LogP contribution in [0.15, 0.2) is 18.2 Å². The standard InChI is InChI=1S/C15H22ClNO3/c1-3-4-11(7-8-16)10-17-15(19)13-9-12(20-2)5-6-14(13)18/h5-6,9,11,18H,3-4,7-8,10H2,1-2H3,(H,17,19). The maximum absolute atomic E-state index is 12.1. The Hall–Kier alpha value is -1.42. The second-order valence-corrected chi connectivity index (χ2v) is 5.10. The summed E-state index contributed by atoms with van der Waals surface area (Å²) in [6.45, 7) is 2.67. The van der Waals surface area contributed by atoms with Crippen LogP contribution in [0.3, 0.4) is 0 Å². The van der Waals surface area contributed by atoms with Crippen molar-refractivity contribution in [2.75, 3.05) is 19.5 Å². The molecule has 0 aromatic heterocycles. The van der Waals surface area contributed by atoms with Crippen molar-refractivity contribution in [3.8, 4) is 11.5 Å². The van der Waals surface area contributed by atoms with E-state index in [1.165, 1.54) is 19.2 Å². The largest absolute Gasteiger partial charge is 0.507 e. The van der Waals surface area contributed by atoms with E-state index in [0.29, 0.717) is 24.1 Å². The predicted octanol–water partition coefficient (Wildman–Crippen LogP) is 3.18. The summed E-state index contributed by atoms with van der Waals surface area (Å²) in [5.41, 5.74) is 0.227. The Morgan fingerprint density at radius 3 is 2.80 bits per heavy atom. The second kappa shape index (κ2) is 8.69. The van der Waals surface area contributed by atoms with Crippen molar-refractivity contribution >= 4 is 17.5 Å². The molecule has 1 unspecified atom stereocenters. The van der Waals surface area contributed by atoms with Crippen LogP contribution in [-0.2, 0) is 0 Å². The van der Waals surface area contributed by atoms with Crippen LogP contribution >= 0.6 is 11.6 Å². The fourth-order valence-electron chi connectivity index (χ4n) is 2.07. The normalized spacial score (nSPS) is 11.9. The predicted molar refractivity (Wildman–Crippen MR) is 80.7 cm³/mol. The molecule has 1 atom stereocenters. The minimum Gasteiger partial charge on any atom is -0.507 e. The lowest BCUT2D eigenvalue weighted by Crippen LogP contribution is -2.29. The third kappa shape index (κ3) is 4.93. The fourth-order valence-corrected chi connectivity index (χ4v) is 2.38. The van der Waals surface area contributed by atoms with Crippen molar-refractivity contribution in [3.63, 3.8) is 0 Å². The number of aromatic hydroxyl groups is 1. The highest BCUT2D eigenvalue weighted by Gasteiger charge is 2.14. The van der Waals surface area contributed by atoms with Gasteiger partial charge in [-0.1, -0.05) is 13.3 Å². The maximum atomic E-state index is 12.1. The molecule has 0 saturated carbocycles.